The van der Waals surface area contributed by atoms with Crippen molar-refractivity contribution in [2.45, 2.75) is 4.90 Å². The first-order chi connectivity index (χ1) is 11.0. The van der Waals surface area contributed by atoms with Gasteiger partial charge in [-0.2, -0.15) is 4.31 Å². The Morgan fingerprint density at radius 3 is 2.17 bits per heavy atom. The molecule has 0 aliphatic carbocycles. The highest BCUT2D eigenvalue weighted by Crippen LogP contribution is 2.33. The summed E-state index contributed by atoms with van der Waals surface area (Å²) < 4.78 is 26.6. The van der Waals surface area contributed by atoms with Crippen LogP contribution in [0, 0.1) is 0 Å². The summed E-state index contributed by atoms with van der Waals surface area (Å²) in [6.07, 6.45) is 5.96. The lowest BCUT2D eigenvalue weighted by Crippen LogP contribution is -2.48. The van der Waals surface area contributed by atoms with E-state index in [1.807, 2.05) is 4.90 Å². The van der Waals surface area contributed by atoms with E-state index in [4.69, 9.17) is 23.2 Å². The maximum atomic E-state index is 12.6. The SMILES string of the molecule is O=S(=O)(c1cccnc1)N1CCN(c2c(Cl)cncc2Cl)CC1. The molecule has 9 heteroatoms. The van der Waals surface area contributed by atoms with Crippen molar-refractivity contribution in [1.82, 2.24) is 14.3 Å². The van der Waals surface area contributed by atoms with Crippen molar-refractivity contribution in [3.8, 4) is 0 Å². The van der Waals surface area contributed by atoms with E-state index in [2.05, 4.69) is 9.97 Å². The molecule has 2 aromatic rings. The van der Waals surface area contributed by atoms with Crippen molar-refractivity contribution in [2.24, 2.45) is 0 Å². The Morgan fingerprint density at radius 2 is 1.61 bits per heavy atom. The number of hydrogen-bond acceptors (Lipinski definition) is 5. The number of sulfonamides is 1. The maximum Gasteiger partial charge on any atom is 0.244 e. The second kappa shape index (κ2) is 6.60. The topological polar surface area (TPSA) is 66.4 Å². The van der Waals surface area contributed by atoms with Gasteiger partial charge in [-0.1, -0.05) is 23.2 Å². The molecule has 2 aromatic heterocycles. The zero-order valence-electron chi connectivity index (χ0n) is 12.1. The Bertz CT molecular complexity index is 773. The van der Waals surface area contributed by atoms with Gasteiger partial charge in [-0.05, 0) is 12.1 Å². The van der Waals surface area contributed by atoms with Crippen LogP contribution in [0.1, 0.15) is 0 Å². The van der Waals surface area contributed by atoms with Crippen LogP contribution in [0.4, 0.5) is 5.69 Å². The van der Waals surface area contributed by atoms with Gasteiger partial charge in [-0.25, -0.2) is 8.42 Å². The minimum Gasteiger partial charge on any atom is -0.366 e. The highest BCUT2D eigenvalue weighted by Gasteiger charge is 2.29. The van der Waals surface area contributed by atoms with Gasteiger partial charge in [0.05, 0.1) is 15.7 Å². The second-order valence-corrected chi connectivity index (χ2v) is 7.78. The van der Waals surface area contributed by atoms with Gasteiger partial charge in [0.2, 0.25) is 10.0 Å². The van der Waals surface area contributed by atoms with Crippen molar-refractivity contribution >= 4 is 38.9 Å². The largest absolute Gasteiger partial charge is 0.366 e. The van der Waals surface area contributed by atoms with E-state index in [1.165, 1.54) is 22.9 Å². The number of rotatable bonds is 3. The molecular formula is C14H14Cl2N4O2S. The first kappa shape index (κ1) is 16.4. The Balaban J connectivity index is 1.77. The van der Waals surface area contributed by atoms with Crippen LogP contribution in [0.2, 0.25) is 10.0 Å². The molecule has 0 saturated carbocycles. The predicted molar refractivity (Wildman–Crippen MR) is 89.5 cm³/mol. The molecule has 1 aliphatic heterocycles. The van der Waals surface area contributed by atoms with Crippen LogP contribution >= 0.6 is 23.2 Å². The van der Waals surface area contributed by atoms with E-state index >= 15 is 0 Å². The smallest absolute Gasteiger partial charge is 0.244 e. The number of halogens is 2. The molecule has 0 amide bonds. The van der Waals surface area contributed by atoms with Gasteiger partial charge < -0.3 is 4.90 Å². The molecule has 3 rings (SSSR count). The molecular weight excluding hydrogens is 359 g/mol. The average molecular weight is 373 g/mol. The van der Waals surface area contributed by atoms with Gasteiger partial charge in [0.1, 0.15) is 4.90 Å². The van der Waals surface area contributed by atoms with Crippen LogP contribution < -0.4 is 4.90 Å². The van der Waals surface area contributed by atoms with E-state index in [9.17, 15) is 8.42 Å². The molecule has 0 atom stereocenters. The van der Waals surface area contributed by atoms with Crippen molar-refractivity contribution in [2.75, 3.05) is 31.1 Å². The second-order valence-electron chi connectivity index (χ2n) is 5.03. The third-order valence-corrected chi connectivity index (χ3v) is 6.09. The number of piperazine rings is 1. The normalized spacial score (nSPS) is 16.5. The Morgan fingerprint density at radius 1 is 0.957 bits per heavy atom. The quantitative estimate of drug-likeness (QED) is 0.826. The molecule has 0 aromatic carbocycles. The Labute approximate surface area is 144 Å². The van der Waals surface area contributed by atoms with E-state index in [1.54, 1.807) is 18.3 Å². The van der Waals surface area contributed by atoms with Gasteiger partial charge in [0.25, 0.3) is 0 Å². The van der Waals surface area contributed by atoms with Crippen molar-refractivity contribution < 1.29 is 8.42 Å². The van der Waals surface area contributed by atoms with E-state index in [-0.39, 0.29) is 4.90 Å². The minimum atomic E-state index is -3.52. The summed E-state index contributed by atoms with van der Waals surface area (Å²) in [5.74, 6) is 0. The number of aromatic nitrogens is 2. The van der Waals surface area contributed by atoms with E-state index < -0.39 is 10.0 Å². The summed E-state index contributed by atoms with van der Waals surface area (Å²) in [4.78, 5) is 9.98. The average Bonchev–Trinajstić information content (AvgIpc) is 2.56. The summed E-state index contributed by atoms with van der Waals surface area (Å²) in [6.45, 7) is 1.71. The van der Waals surface area contributed by atoms with Gasteiger partial charge in [-0.15, -0.1) is 0 Å². The van der Waals surface area contributed by atoms with Gasteiger partial charge in [0, 0.05) is 51.0 Å². The maximum absolute atomic E-state index is 12.6. The molecule has 0 spiro atoms. The number of nitrogens with zero attached hydrogens (tertiary/aromatic N) is 4. The van der Waals surface area contributed by atoms with Crippen LogP contribution in [0.15, 0.2) is 41.8 Å². The number of hydrogen-bond donors (Lipinski definition) is 0. The van der Waals surface area contributed by atoms with Crippen molar-refractivity contribution in [3.05, 3.63) is 47.0 Å². The molecule has 122 valence electrons. The summed E-state index contributed by atoms with van der Waals surface area (Å²) in [6, 6.07) is 3.16. The lowest BCUT2D eigenvalue weighted by atomic mass is 10.3. The minimum absolute atomic E-state index is 0.202. The van der Waals surface area contributed by atoms with Gasteiger partial charge in [0.15, 0.2) is 0 Å². The first-order valence-corrected chi connectivity index (χ1v) is 9.14. The van der Waals surface area contributed by atoms with Gasteiger partial charge >= 0.3 is 0 Å². The van der Waals surface area contributed by atoms with Crippen LogP contribution in [-0.4, -0.2) is 48.9 Å². The third kappa shape index (κ3) is 3.28. The number of anilines is 1. The first-order valence-electron chi connectivity index (χ1n) is 6.94. The fourth-order valence-corrected chi connectivity index (χ4v) is 4.50. The molecule has 1 fully saturated rings. The lowest BCUT2D eigenvalue weighted by molar-refractivity contribution is 0.385. The summed E-state index contributed by atoms with van der Waals surface area (Å²) in [5.41, 5.74) is 0.696. The molecule has 23 heavy (non-hydrogen) atoms. The summed E-state index contributed by atoms with van der Waals surface area (Å²) in [7, 11) is -3.52. The summed E-state index contributed by atoms with van der Waals surface area (Å²) >= 11 is 12.3. The van der Waals surface area contributed by atoms with Crippen molar-refractivity contribution in [1.29, 1.82) is 0 Å². The van der Waals surface area contributed by atoms with E-state index in [0.717, 1.165) is 0 Å². The fourth-order valence-electron chi connectivity index (χ4n) is 2.51. The highest BCUT2D eigenvalue weighted by molar-refractivity contribution is 7.89. The predicted octanol–water partition coefficient (Wildman–Crippen LogP) is 2.29. The lowest BCUT2D eigenvalue weighted by Gasteiger charge is -2.36. The van der Waals surface area contributed by atoms with Crippen LogP contribution in [0.25, 0.3) is 0 Å². The van der Waals surface area contributed by atoms with E-state index in [0.29, 0.717) is 41.9 Å². The molecule has 1 aliphatic rings. The van der Waals surface area contributed by atoms with Crippen LogP contribution in [0.3, 0.4) is 0 Å². The molecule has 3 heterocycles. The Kier molecular flexibility index (Phi) is 4.72. The van der Waals surface area contributed by atoms with Crippen molar-refractivity contribution in [3.63, 3.8) is 0 Å². The molecule has 6 nitrogen and oxygen atoms in total. The zero-order chi connectivity index (χ0) is 16.4. The van der Waals surface area contributed by atoms with Crippen LogP contribution in [-0.2, 0) is 10.0 Å². The highest BCUT2D eigenvalue weighted by atomic mass is 35.5. The standard InChI is InChI=1S/C14H14Cl2N4O2S/c15-12-9-18-10-13(16)14(12)19-4-6-20(7-5-19)23(21,22)11-2-1-3-17-8-11/h1-3,8-10H,4-7H2. The third-order valence-electron chi connectivity index (χ3n) is 3.66. The summed E-state index contributed by atoms with van der Waals surface area (Å²) in [5, 5.41) is 0.919. The molecule has 0 radical (unpaired) electrons. The number of pyridine rings is 2. The monoisotopic (exact) mass is 372 g/mol. The van der Waals surface area contributed by atoms with Crippen LogP contribution in [0.5, 0.6) is 0 Å². The fraction of sp³-hybridized carbons (Fsp3) is 0.286. The molecule has 0 unspecified atom stereocenters. The zero-order valence-corrected chi connectivity index (χ0v) is 14.4. The molecule has 0 N–H and O–H groups in total. The van der Waals surface area contributed by atoms with Gasteiger partial charge in [-0.3, -0.25) is 9.97 Å². The molecule has 0 bridgehead atoms. The Hall–Kier alpha value is -1.41. The molecule has 1 saturated heterocycles.